The Balaban J connectivity index is 0.00000237. The number of carbonyl (C=O) groups is 1. The number of amides is 1. The van der Waals surface area contributed by atoms with Crippen LogP contribution in [0.3, 0.4) is 0 Å². The summed E-state index contributed by atoms with van der Waals surface area (Å²) in [6.45, 7) is 22.5. The third-order valence-corrected chi connectivity index (χ3v) is 6.04. The Bertz CT molecular complexity index is 1180. The molecule has 1 aliphatic rings. The predicted octanol–water partition coefficient (Wildman–Crippen LogP) is 4.64. The van der Waals surface area contributed by atoms with E-state index in [0.717, 1.165) is 40.6 Å². The molecule has 1 amide bonds. The van der Waals surface area contributed by atoms with Gasteiger partial charge in [0, 0.05) is 12.1 Å². The summed E-state index contributed by atoms with van der Waals surface area (Å²) in [5.41, 5.74) is 3.74. The monoisotopic (exact) mass is 569 g/mol. The number of rotatable bonds is 10. The molecule has 6 heteroatoms. The molecular formula is C34H50KN4O-. The Hall–Kier alpha value is -1.70. The minimum atomic E-state index is -0.0832. The Kier molecular flexibility index (Phi) is 21.0. The van der Waals surface area contributed by atoms with Crippen molar-refractivity contribution in [3.63, 3.8) is 0 Å². The summed E-state index contributed by atoms with van der Waals surface area (Å²) < 4.78 is 0. The summed E-state index contributed by atoms with van der Waals surface area (Å²) >= 11 is 0. The van der Waals surface area contributed by atoms with Gasteiger partial charge in [-0.05, 0) is 43.5 Å². The second kappa shape index (κ2) is 22.0. The SMILES string of the molecule is C=c1nc(NC(C)c2cc(NC(=O)C/C([CH2-])=C/C=[C-]C3CCC3)ccc2C)cn/c1=C/CCC.CC.CCC.[K+]. The number of nitrogens with one attached hydrogen (secondary N) is 2. The Morgan fingerprint density at radius 2 is 1.93 bits per heavy atom. The summed E-state index contributed by atoms with van der Waals surface area (Å²) in [6, 6.07) is 5.92. The van der Waals surface area contributed by atoms with Crippen molar-refractivity contribution in [3.05, 3.63) is 76.9 Å². The maximum absolute atomic E-state index is 12.5. The van der Waals surface area contributed by atoms with Crippen molar-refractivity contribution in [1.29, 1.82) is 0 Å². The van der Waals surface area contributed by atoms with Gasteiger partial charge in [-0.2, -0.15) is 0 Å². The fourth-order valence-electron chi connectivity index (χ4n) is 3.79. The van der Waals surface area contributed by atoms with Crippen LogP contribution in [0.4, 0.5) is 11.5 Å². The molecule has 0 bridgehead atoms. The van der Waals surface area contributed by atoms with Crippen molar-refractivity contribution in [3.8, 4) is 0 Å². The summed E-state index contributed by atoms with van der Waals surface area (Å²) in [6.07, 6.45) is 18.2. The van der Waals surface area contributed by atoms with Gasteiger partial charge in [-0.15, -0.1) is 0 Å². The van der Waals surface area contributed by atoms with Gasteiger partial charge in [0.15, 0.2) is 0 Å². The molecule has 1 unspecified atom stereocenters. The average Bonchev–Trinajstić information content (AvgIpc) is 2.87. The van der Waals surface area contributed by atoms with Crippen molar-refractivity contribution in [2.45, 2.75) is 99.5 Å². The van der Waals surface area contributed by atoms with E-state index in [1.54, 1.807) is 6.20 Å². The van der Waals surface area contributed by atoms with Crippen LogP contribution in [0, 0.1) is 25.8 Å². The van der Waals surface area contributed by atoms with E-state index in [4.69, 9.17) is 0 Å². The molecule has 2 N–H and O–H groups in total. The molecule has 1 atom stereocenters. The van der Waals surface area contributed by atoms with Crippen LogP contribution in [-0.4, -0.2) is 15.9 Å². The molecule has 40 heavy (non-hydrogen) atoms. The van der Waals surface area contributed by atoms with E-state index >= 15 is 0 Å². The third-order valence-electron chi connectivity index (χ3n) is 6.04. The van der Waals surface area contributed by atoms with E-state index in [0.29, 0.717) is 17.1 Å². The number of hydrogen-bond acceptors (Lipinski definition) is 4. The van der Waals surface area contributed by atoms with Gasteiger partial charge in [0.05, 0.1) is 22.9 Å². The maximum atomic E-state index is 12.5. The van der Waals surface area contributed by atoms with Gasteiger partial charge >= 0.3 is 51.4 Å². The van der Waals surface area contributed by atoms with Gasteiger partial charge < -0.3 is 10.6 Å². The summed E-state index contributed by atoms with van der Waals surface area (Å²) in [4.78, 5) is 21.6. The second-order valence-corrected chi connectivity index (χ2v) is 9.74. The van der Waals surface area contributed by atoms with E-state index in [-0.39, 0.29) is 69.8 Å². The molecule has 0 saturated heterocycles. The molecule has 0 radical (unpaired) electrons. The number of aryl methyl sites for hydroxylation is 1. The Morgan fingerprint density at radius 3 is 2.50 bits per heavy atom. The van der Waals surface area contributed by atoms with Crippen molar-refractivity contribution in [1.82, 2.24) is 9.97 Å². The fraction of sp³-hybridized carbons (Fsp3) is 0.471. The number of benzene rings is 1. The quantitative estimate of drug-likeness (QED) is 0.249. The Labute approximate surface area is 286 Å². The number of allylic oxidation sites excluding steroid dienone is 3. The molecule has 1 heterocycles. The fourth-order valence-corrected chi connectivity index (χ4v) is 3.79. The molecule has 1 aromatic carbocycles. The number of anilines is 2. The molecule has 0 spiro atoms. The van der Waals surface area contributed by atoms with E-state index in [1.807, 2.05) is 44.2 Å². The number of carbonyl (C=O) groups excluding carboxylic acids is 1. The predicted molar refractivity (Wildman–Crippen MR) is 169 cm³/mol. The van der Waals surface area contributed by atoms with Crippen molar-refractivity contribution in [2.24, 2.45) is 5.92 Å². The smallest absolute Gasteiger partial charge is 0.362 e. The first-order valence-electron chi connectivity index (χ1n) is 14.6. The van der Waals surface area contributed by atoms with Gasteiger partial charge in [0.2, 0.25) is 5.91 Å². The Morgan fingerprint density at radius 1 is 1.25 bits per heavy atom. The van der Waals surface area contributed by atoms with E-state index in [9.17, 15) is 4.79 Å². The molecule has 1 aromatic heterocycles. The zero-order chi connectivity index (χ0) is 29.2. The van der Waals surface area contributed by atoms with E-state index in [2.05, 4.69) is 80.9 Å². The first kappa shape index (κ1) is 38.3. The van der Waals surface area contributed by atoms with Crippen molar-refractivity contribution in [2.75, 3.05) is 10.6 Å². The second-order valence-electron chi connectivity index (χ2n) is 9.74. The van der Waals surface area contributed by atoms with Crippen LogP contribution in [0.25, 0.3) is 12.7 Å². The molecule has 2 aromatic rings. The molecule has 5 nitrogen and oxygen atoms in total. The first-order chi connectivity index (χ1) is 18.8. The standard InChI is InChI=1S/C29H36N4O.C3H8.C2H6.K/c1-6-7-14-27-23(5)32-28(19-30-27)31-22(4)26-18-25(16-15-21(26)3)33-29(34)17-20(2)10-8-11-24-12-9-13-24;1-3-2;1-2;/h8,10,14-16,18-19,22,24H,2,5-7,9,12-13,17H2,1,3-4H3,(H,31,32)(H,33,34);3H2,1-2H3;1-2H3;/q-2;;;+1/b20-10+,27-14+;;;. The summed E-state index contributed by atoms with van der Waals surface area (Å²) in [5, 5.41) is 7.90. The summed E-state index contributed by atoms with van der Waals surface area (Å²) in [7, 11) is 0. The third kappa shape index (κ3) is 14.3. The molecule has 0 aliphatic heterocycles. The van der Waals surface area contributed by atoms with Crippen LogP contribution >= 0.6 is 0 Å². The van der Waals surface area contributed by atoms with Gasteiger partial charge in [0.25, 0.3) is 0 Å². The van der Waals surface area contributed by atoms with E-state index in [1.165, 1.54) is 25.7 Å². The zero-order valence-electron chi connectivity index (χ0n) is 26.4. The number of nitrogens with zero attached hydrogens (tertiary/aromatic N) is 2. The number of unbranched alkanes of at least 4 members (excludes halogenated alkanes) is 1. The minimum absolute atomic E-state index is 0. The minimum Gasteiger partial charge on any atom is -0.362 e. The van der Waals surface area contributed by atoms with Gasteiger partial charge in [-0.25, -0.2) is 29.6 Å². The van der Waals surface area contributed by atoms with Gasteiger partial charge in [0.1, 0.15) is 5.82 Å². The zero-order valence-corrected chi connectivity index (χ0v) is 29.5. The van der Waals surface area contributed by atoms with Crippen LogP contribution in [0.5, 0.6) is 0 Å². The number of aromatic nitrogens is 2. The first-order valence-corrected chi connectivity index (χ1v) is 14.6. The molecule has 1 fully saturated rings. The molecule has 1 saturated carbocycles. The molecule has 1 aliphatic carbocycles. The van der Waals surface area contributed by atoms with E-state index < -0.39 is 0 Å². The molecule has 214 valence electrons. The summed E-state index contributed by atoms with van der Waals surface area (Å²) in [5.74, 6) is 1.17. The van der Waals surface area contributed by atoms with Crippen LogP contribution < -0.4 is 72.7 Å². The average molecular weight is 570 g/mol. The van der Waals surface area contributed by atoms with Crippen LogP contribution in [0.15, 0.2) is 42.1 Å². The van der Waals surface area contributed by atoms with Crippen LogP contribution in [0.1, 0.15) is 104 Å². The molecular weight excluding hydrogens is 519 g/mol. The van der Waals surface area contributed by atoms with Crippen LogP contribution in [-0.2, 0) is 4.79 Å². The van der Waals surface area contributed by atoms with Gasteiger partial charge in [-0.3, -0.25) is 15.9 Å². The largest absolute Gasteiger partial charge is 1.00 e. The molecule has 3 rings (SSSR count). The maximum Gasteiger partial charge on any atom is 1.00 e. The van der Waals surface area contributed by atoms with Crippen molar-refractivity contribution >= 4 is 30.1 Å². The van der Waals surface area contributed by atoms with Crippen molar-refractivity contribution < 1.29 is 56.2 Å². The topological polar surface area (TPSA) is 66.9 Å². The number of hydrogen-bond donors (Lipinski definition) is 2. The van der Waals surface area contributed by atoms with Crippen LogP contribution in [0.2, 0.25) is 0 Å². The van der Waals surface area contributed by atoms with Gasteiger partial charge in [-0.1, -0.05) is 91.4 Å². The normalized spacial score (nSPS) is 14.1.